The zero-order chi connectivity index (χ0) is 11.5. The number of rotatable bonds is 4. The number of likely N-dealkylation sites (N-methyl/N-ethyl adjacent to an activating group) is 1. The van der Waals surface area contributed by atoms with E-state index >= 15 is 0 Å². The maximum atomic E-state index is 11.9. The van der Waals surface area contributed by atoms with Gasteiger partial charge in [-0.05, 0) is 12.8 Å². The Morgan fingerprint density at radius 2 is 1.93 bits per heavy atom. The fourth-order valence-electron chi connectivity index (χ4n) is 1.96. The molecule has 86 valence electrons. The Morgan fingerprint density at radius 3 is 2.40 bits per heavy atom. The number of nitrogens with zero attached hydrogens (tertiary/aromatic N) is 1. The Balaban J connectivity index is 2.48. The molecule has 0 aromatic rings. The first-order valence-electron chi connectivity index (χ1n) is 5.22. The summed E-state index contributed by atoms with van der Waals surface area (Å²) in [4.78, 5) is 23.7. The van der Waals surface area contributed by atoms with Gasteiger partial charge in [0.1, 0.15) is 0 Å². The van der Waals surface area contributed by atoms with Gasteiger partial charge in [-0.25, -0.2) is 0 Å². The third-order valence-corrected chi connectivity index (χ3v) is 2.93. The standard InChI is InChI=1S/C10H18N2O3/c1-12(7-4-8(13)14)9(15)10(11)5-2-3-6-10/h2-7,11H2,1H3,(H,13,14). The average Bonchev–Trinajstić information content (AvgIpc) is 2.61. The number of aliphatic carboxylic acids is 1. The molecule has 1 aliphatic rings. The van der Waals surface area contributed by atoms with Gasteiger partial charge >= 0.3 is 5.97 Å². The first-order valence-corrected chi connectivity index (χ1v) is 5.22. The summed E-state index contributed by atoms with van der Waals surface area (Å²) in [5.41, 5.74) is 5.23. The Hall–Kier alpha value is -1.10. The Bertz CT molecular complexity index is 259. The maximum Gasteiger partial charge on any atom is 0.305 e. The second-order valence-electron chi connectivity index (χ2n) is 4.23. The van der Waals surface area contributed by atoms with Gasteiger partial charge in [-0.3, -0.25) is 9.59 Å². The highest BCUT2D eigenvalue weighted by Gasteiger charge is 2.38. The molecular formula is C10H18N2O3. The van der Waals surface area contributed by atoms with Crippen LogP contribution >= 0.6 is 0 Å². The molecule has 0 spiro atoms. The van der Waals surface area contributed by atoms with Crippen molar-refractivity contribution in [2.45, 2.75) is 37.6 Å². The smallest absolute Gasteiger partial charge is 0.305 e. The lowest BCUT2D eigenvalue weighted by atomic mass is 9.97. The zero-order valence-corrected chi connectivity index (χ0v) is 9.03. The predicted molar refractivity (Wildman–Crippen MR) is 55.3 cm³/mol. The number of hydrogen-bond donors (Lipinski definition) is 2. The quantitative estimate of drug-likeness (QED) is 0.699. The lowest BCUT2D eigenvalue weighted by Gasteiger charge is -2.28. The van der Waals surface area contributed by atoms with Gasteiger partial charge in [0.2, 0.25) is 5.91 Å². The second kappa shape index (κ2) is 4.61. The third kappa shape index (κ3) is 2.92. The first-order chi connectivity index (χ1) is 6.96. The molecule has 0 unspecified atom stereocenters. The van der Waals surface area contributed by atoms with Gasteiger partial charge in [0.05, 0.1) is 12.0 Å². The molecule has 1 amide bonds. The fourth-order valence-corrected chi connectivity index (χ4v) is 1.96. The summed E-state index contributed by atoms with van der Waals surface area (Å²) >= 11 is 0. The van der Waals surface area contributed by atoms with Crippen LogP contribution < -0.4 is 5.73 Å². The van der Waals surface area contributed by atoms with E-state index in [1.165, 1.54) is 4.90 Å². The highest BCUT2D eigenvalue weighted by Crippen LogP contribution is 2.28. The van der Waals surface area contributed by atoms with Gasteiger partial charge in [0.15, 0.2) is 0 Å². The van der Waals surface area contributed by atoms with Crippen LogP contribution in [0.2, 0.25) is 0 Å². The van der Waals surface area contributed by atoms with Gasteiger partial charge < -0.3 is 15.7 Å². The van der Waals surface area contributed by atoms with E-state index < -0.39 is 11.5 Å². The Labute approximate surface area is 89.2 Å². The topological polar surface area (TPSA) is 83.6 Å². The number of carboxylic acids is 1. The maximum absolute atomic E-state index is 11.9. The lowest BCUT2D eigenvalue weighted by Crippen LogP contribution is -2.52. The number of hydrogen-bond acceptors (Lipinski definition) is 3. The fraction of sp³-hybridized carbons (Fsp3) is 0.800. The van der Waals surface area contributed by atoms with Crippen molar-refractivity contribution in [2.24, 2.45) is 5.73 Å². The molecule has 0 heterocycles. The number of carbonyl (C=O) groups excluding carboxylic acids is 1. The molecule has 5 nitrogen and oxygen atoms in total. The molecular weight excluding hydrogens is 196 g/mol. The lowest BCUT2D eigenvalue weighted by molar-refractivity contribution is -0.139. The van der Waals surface area contributed by atoms with Crippen molar-refractivity contribution in [3.63, 3.8) is 0 Å². The summed E-state index contributed by atoms with van der Waals surface area (Å²) in [7, 11) is 1.61. The van der Waals surface area contributed by atoms with Gasteiger partial charge in [-0.2, -0.15) is 0 Å². The van der Waals surface area contributed by atoms with E-state index in [0.717, 1.165) is 12.8 Å². The largest absolute Gasteiger partial charge is 0.481 e. The van der Waals surface area contributed by atoms with Crippen LogP contribution in [0.15, 0.2) is 0 Å². The van der Waals surface area contributed by atoms with Gasteiger partial charge in [-0.15, -0.1) is 0 Å². The average molecular weight is 214 g/mol. The summed E-state index contributed by atoms with van der Waals surface area (Å²) in [5.74, 6) is -1.02. The van der Waals surface area contributed by atoms with E-state index in [1.54, 1.807) is 7.05 Å². The summed E-state index contributed by atoms with van der Waals surface area (Å²) in [6.07, 6.45) is 3.36. The number of carboxylic acid groups (broad SMARTS) is 1. The van der Waals surface area contributed by atoms with E-state index in [2.05, 4.69) is 0 Å². The molecule has 0 radical (unpaired) electrons. The summed E-state index contributed by atoms with van der Waals surface area (Å²) < 4.78 is 0. The van der Waals surface area contributed by atoms with Gasteiger partial charge in [-0.1, -0.05) is 12.8 Å². The molecule has 1 rings (SSSR count). The van der Waals surface area contributed by atoms with Crippen molar-refractivity contribution < 1.29 is 14.7 Å². The zero-order valence-electron chi connectivity index (χ0n) is 9.03. The molecule has 1 saturated carbocycles. The molecule has 5 heteroatoms. The minimum Gasteiger partial charge on any atom is -0.481 e. The summed E-state index contributed by atoms with van der Waals surface area (Å²) in [6.45, 7) is 0.229. The molecule has 1 fully saturated rings. The van der Waals surface area contributed by atoms with Crippen molar-refractivity contribution in [1.82, 2.24) is 4.90 Å². The summed E-state index contributed by atoms with van der Waals surface area (Å²) in [5, 5.41) is 8.50. The van der Waals surface area contributed by atoms with E-state index in [9.17, 15) is 9.59 Å². The third-order valence-electron chi connectivity index (χ3n) is 2.93. The van der Waals surface area contributed by atoms with Crippen molar-refractivity contribution in [2.75, 3.05) is 13.6 Å². The van der Waals surface area contributed by atoms with Crippen LogP contribution in [0.3, 0.4) is 0 Å². The minimum atomic E-state index is -0.896. The van der Waals surface area contributed by atoms with Crippen LogP contribution in [0.1, 0.15) is 32.1 Å². The predicted octanol–water partition coefficient (Wildman–Crippen LogP) is 0.191. The Morgan fingerprint density at radius 1 is 1.40 bits per heavy atom. The molecule has 3 N–H and O–H groups in total. The van der Waals surface area contributed by atoms with Crippen LogP contribution in [0.25, 0.3) is 0 Å². The molecule has 15 heavy (non-hydrogen) atoms. The van der Waals surface area contributed by atoms with E-state index in [-0.39, 0.29) is 18.9 Å². The number of carbonyl (C=O) groups is 2. The van der Waals surface area contributed by atoms with Crippen LogP contribution in [-0.4, -0.2) is 41.0 Å². The van der Waals surface area contributed by atoms with Crippen molar-refractivity contribution in [1.29, 1.82) is 0 Å². The van der Waals surface area contributed by atoms with Crippen LogP contribution in [0.4, 0.5) is 0 Å². The van der Waals surface area contributed by atoms with E-state index in [4.69, 9.17) is 10.8 Å². The molecule has 0 atom stereocenters. The first kappa shape index (κ1) is 12.0. The molecule has 0 aliphatic heterocycles. The molecule has 1 aliphatic carbocycles. The highest BCUT2D eigenvalue weighted by molar-refractivity contribution is 5.86. The van der Waals surface area contributed by atoms with Crippen LogP contribution in [0, 0.1) is 0 Å². The minimum absolute atomic E-state index is 0.0294. The number of amides is 1. The van der Waals surface area contributed by atoms with Gasteiger partial charge in [0, 0.05) is 13.6 Å². The monoisotopic (exact) mass is 214 g/mol. The van der Waals surface area contributed by atoms with E-state index in [0.29, 0.717) is 12.8 Å². The normalized spacial score (nSPS) is 18.8. The second-order valence-corrected chi connectivity index (χ2v) is 4.23. The molecule has 0 saturated heterocycles. The Kier molecular flexibility index (Phi) is 3.68. The molecule has 0 aromatic carbocycles. The van der Waals surface area contributed by atoms with Crippen LogP contribution in [0.5, 0.6) is 0 Å². The number of nitrogens with two attached hydrogens (primary N) is 1. The van der Waals surface area contributed by atoms with Gasteiger partial charge in [0.25, 0.3) is 0 Å². The SMILES string of the molecule is CN(CCC(=O)O)C(=O)C1(N)CCCC1. The van der Waals surface area contributed by atoms with Crippen LogP contribution in [-0.2, 0) is 9.59 Å². The van der Waals surface area contributed by atoms with Crippen molar-refractivity contribution in [3.8, 4) is 0 Å². The van der Waals surface area contributed by atoms with E-state index in [1.807, 2.05) is 0 Å². The van der Waals surface area contributed by atoms with Crippen molar-refractivity contribution >= 4 is 11.9 Å². The summed E-state index contributed by atoms with van der Waals surface area (Å²) in [6, 6.07) is 0. The molecule has 0 bridgehead atoms. The molecule has 0 aromatic heterocycles. The van der Waals surface area contributed by atoms with Crippen molar-refractivity contribution in [3.05, 3.63) is 0 Å². The highest BCUT2D eigenvalue weighted by atomic mass is 16.4.